The summed E-state index contributed by atoms with van der Waals surface area (Å²) in [5.41, 5.74) is 1.96. The molecular formula is C21H23ClN6O3S. The number of carbonyl (C=O) groups is 2. The largest absolute Gasteiger partial charge is 0.476 e. The lowest BCUT2D eigenvalue weighted by Crippen LogP contribution is -2.51. The predicted octanol–water partition coefficient (Wildman–Crippen LogP) is 3.34. The van der Waals surface area contributed by atoms with E-state index in [-0.39, 0.29) is 17.7 Å². The number of aromatic nitrogens is 4. The third-order valence-electron chi connectivity index (χ3n) is 5.25. The predicted molar refractivity (Wildman–Crippen MR) is 121 cm³/mol. The number of carbonyl (C=O) groups excluding carboxylic acids is 2. The SMILES string of the molecule is CC(C)(Oc1ccccc1Cl)C(=O)N1CCC(c2nc(C(=O)Nn3cnnc3)cs2)CC1. The first-order chi connectivity index (χ1) is 15.3. The molecule has 3 heterocycles. The third kappa shape index (κ3) is 4.91. The van der Waals surface area contributed by atoms with Gasteiger partial charge in [-0.1, -0.05) is 23.7 Å². The average Bonchev–Trinajstić information content (AvgIpc) is 3.47. The molecule has 2 aromatic heterocycles. The number of thiazole rings is 1. The van der Waals surface area contributed by atoms with E-state index in [2.05, 4.69) is 20.6 Å². The van der Waals surface area contributed by atoms with Gasteiger partial charge in [0.1, 0.15) is 24.1 Å². The molecule has 0 saturated carbocycles. The first-order valence-electron chi connectivity index (χ1n) is 10.2. The van der Waals surface area contributed by atoms with E-state index < -0.39 is 5.60 Å². The summed E-state index contributed by atoms with van der Waals surface area (Å²) in [4.78, 5) is 31.7. The second-order valence-electron chi connectivity index (χ2n) is 7.99. The zero-order valence-electron chi connectivity index (χ0n) is 17.7. The van der Waals surface area contributed by atoms with E-state index in [0.29, 0.717) is 29.6 Å². The van der Waals surface area contributed by atoms with E-state index >= 15 is 0 Å². The summed E-state index contributed by atoms with van der Waals surface area (Å²) < 4.78 is 7.32. The van der Waals surface area contributed by atoms with E-state index in [9.17, 15) is 9.59 Å². The maximum absolute atomic E-state index is 13.1. The Morgan fingerprint density at radius 1 is 1.19 bits per heavy atom. The van der Waals surface area contributed by atoms with Crippen LogP contribution in [0.15, 0.2) is 42.3 Å². The van der Waals surface area contributed by atoms with Gasteiger partial charge in [0.25, 0.3) is 11.8 Å². The van der Waals surface area contributed by atoms with Crippen molar-refractivity contribution in [1.29, 1.82) is 0 Å². The van der Waals surface area contributed by atoms with Crippen LogP contribution in [0.25, 0.3) is 0 Å². The van der Waals surface area contributed by atoms with Gasteiger partial charge < -0.3 is 9.64 Å². The Balaban J connectivity index is 1.34. The van der Waals surface area contributed by atoms with Gasteiger partial charge in [-0.15, -0.1) is 21.5 Å². The summed E-state index contributed by atoms with van der Waals surface area (Å²) in [5.74, 6) is 0.290. The molecule has 0 unspecified atom stereocenters. The molecule has 0 spiro atoms. The van der Waals surface area contributed by atoms with Crippen LogP contribution in [0, 0.1) is 0 Å². The molecule has 1 aliphatic rings. The molecule has 1 aliphatic heterocycles. The third-order valence-corrected chi connectivity index (χ3v) is 6.57. The van der Waals surface area contributed by atoms with Crippen molar-refractivity contribution in [2.45, 2.75) is 38.2 Å². The minimum atomic E-state index is -1.04. The smallest absolute Gasteiger partial charge is 0.289 e. The fourth-order valence-corrected chi connectivity index (χ4v) is 4.71. The van der Waals surface area contributed by atoms with E-state index in [1.165, 1.54) is 28.7 Å². The number of halogens is 1. The molecule has 11 heteroatoms. The van der Waals surface area contributed by atoms with Crippen molar-refractivity contribution in [3.05, 3.63) is 58.0 Å². The highest BCUT2D eigenvalue weighted by Crippen LogP contribution is 2.33. The number of benzene rings is 1. The topological polar surface area (TPSA) is 102 Å². The van der Waals surface area contributed by atoms with Gasteiger partial charge in [-0.3, -0.25) is 15.0 Å². The van der Waals surface area contributed by atoms with Crippen molar-refractivity contribution in [2.75, 3.05) is 18.5 Å². The number of nitrogens with zero attached hydrogens (tertiary/aromatic N) is 5. The van der Waals surface area contributed by atoms with E-state index in [1.54, 1.807) is 31.4 Å². The molecule has 0 bridgehead atoms. The minimum absolute atomic E-state index is 0.0796. The Hall–Kier alpha value is -2.98. The zero-order chi connectivity index (χ0) is 22.7. The number of likely N-dealkylation sites (tertiary alicyclic amines) is 1. The molecule has 1 saturated heterocycles. The van der Waals surface area contributed by atoms with E-state index in [1.807, 2.05) is 17.0 Å². The van der Waals surface area contributed by atoms with Gasteiger partial charge in [0.15, 0.2) is 5.60 Å². The van der Waals surface area contributed by atoms with Crippen LogP contribution in [0.5, 0.6) is 5.75 Å². The van der Waals surface area contributed by atoms with Crippen LogP contribution in [0.2, 0.25) is 5.02 Å². The lowest BCUT2D eigenvalue weighted by molar-refractivity contribution is -0.146. The number of rotatable bonds is 6. The Bertz CT molecular complexity index is 1090. The van der Waals surface area contributed by atoms with Crippen LogP contribution in [0.3, 0.4) is 0 Å². The van der Waals surface area contributed by atoms with E-state index in [4.69, 9.17) is 16.3 Å². The van der Waals surface area contributed by atoms with Gasteiger partial charge in [-0.2, -0.15) is 0 Å². The van der Waals surface area contributed by atoms with Crippen molar-refractivity contribution in [3.63, 3.8) is 0 Å². The molecule has 168 valence electrons. The maximum Gasteiger partial charge on any atom is 0.289 e. The molecule has 4 rings (SSSR count). The lowest BCUT2D eigenvalue weighted by Gasteiger charge is -2.36. The van der Waals surface area contributed by atoms with Crippen LogP contribution >= 0.6 is 22.9 Å². The molecule has 0 aliphatic carbocycles. The Labute approximate surface area is 194 Å². The number of ether oxygens (including phenoxy) is 1. The monoisotopic (exact) mass is 474 g/mol. The molecule has 32 heavy (non-hydrogen) atoms. The van der Waals surface area contributed by atoms with Crippen LogP contribution < -0.4 is 10.2 Å². The van der Waals surface area contributed by atoms with Gasteiger partial charge in [-0.05, 0) is 38.8 Å². The molecule has 1 aromatic carbocycles. The first-order valence-corrected chi connectivity index (χ1v) is 11.4. The summed E-state index contributed by atoms with van der Waals surface area (Å²) in [6.07, 6.45) is 4.34. The van der Waals surface area contributed by atoms with Crippen molar-refractivity contribution in [2.24, 2.45) is 0 Å². The standard InChI is InChI=1S/C21H23ClN6O3S/c1-21(2,31-17-6-4-3-5-15(17)22)20(30)27-9-7-14(8-10-27)19-25-16(11-32-19)18(29)26-28-12-23-24-13-28/h3-6,11-14H,7-10H2,1-2H3,(H,26,29). The van der Waals surface area contributed by atoms with Gasteiger partial charge in [0.05, 0.1) is 10.0 Å². The highest BCUT2D eigenvalue weighted by Gasteiger charge is 2.37. The molecule has 3 aromatic rings. The van der Waals surface area contributed by atoms with Crippen LogP contribution in [-0.4, -0.2) is 55.3 Å². The van der Waals surface area contributed by atoms with Crippen molar-refractivity contribution < 1.29 is 14.3 Å². The second-order valence-corrected chi connectivity index (χ2v) is 9.29. The van der Waals surface area contributed by atoms with E-state index in [0.717, 1.165) is 17.8 Å². The van der Waals surface area contributed by atoms with Gasteiger partial charge in [-0.25, -0.2) is 9.66 Å². The fourth-order valence-electron chi connectivity index (χ4n) is 3.57. The van der Waals surface area contributed by atoms with Crippen molar-refractivity contribution in [3.8, 4) is 5.75 Å². The van der Waals surface area contributed by atoms with Crippen LogP contribution in [0.4, 0.5) is 0 Å². The Morgan fingerprint density at radius 3 is 2.56 bits per heavy atom. The molecule has 2 amide bonds. The molecule has 1 N–H and O–H groups in total. The van der Waals surface area contributed by atoms with Crippen molar-refractivity contribution in [1.82, 2.24) is 24.8 Å². The van der Waals surface area contributed by atoms with Gasteiger partial charge in [0, 0.05) is 24.4 Å². The highest BCUT2D eigenvalue weighted by atomic mass is 35.5. The molecular weight excluding hydrogens is 452 g/mol. The zero-order valence-corrected chi connectivity index (χ0v) is 19.3. The summed E-state index contributed by atoms with van der Waals surface area (Å²) in [6, 6.07) is 7.13. The quantitative estimate of drug-likeness (QED) is 0.587. The molecule has 0 radical (unpaired) electrons. The molecule has 0 atom stereocenters. The number of nitrogens with one attached hydrogen (secondary N) is 1. The first kappa shape index (κ1) is 22.2. The highest BCUT2D eigenvalue weighted by molar-refractivity contribution is 7.09. The summed E-state index contributed by atoms with van der Waals surface area (Å²) >= 11 is 7.64. The Morgan fingerprint density at radius 2 is 1.88 bits per heavy atom. The summed E-state index contributed by atoms with van der Waals surface area (Å²) in [6.45, 7) is 4.71. The number of hydrogen-bond acceptors (Lipinski definition) is 7. The summed E-state index contributed by atoms with van der Waals surface area (Å²) in [5, 5.41) is 10.4. The summed E-state index contributed by atoms with van der Waals surface area (Å²) in [7, 11) is 0. The van der Waals surface area contributed by atoms with Gasteiger partial charge >= 0.3 is 0 Å². The average molecular weight is 475 g/mol. The van der Waals surface area contributed by atoms with Crippen LogP contribution in [-0.2, 0) is 4.79 Å². The second kappa shape index (κ2) is 9.25. The number of hydrogen-bond donors (Lipinski definition) is 1. The van der Waals surface area contributed by atoms with Crippen molar-refractivity contribution >= 4 is 34.8 Å². The number of amides is 2. The number of para-hydroxylation sites is 1. The fraction of sp³-hybridized carbons (Fsp3) is 0.381. The minimum Gasteiger partial charge on any atom is -0.476 e. The number of piperidine rings is 1. The molecule has 1 fully saturated rings. The van der Waals surface area contributed by atoms with Gasteiger partial charge in [0.2, 0.25) is 0 Å². The normalized spacial score (nSPS) is 14.9. The lowest BCUT2D eigenvalue weighted by atomic mass is 9.96. The van der Waals surface area contributed by atoms with Crippen LogP contribution in [0.1, 0.15) is 48.1 Å². The maximum atomic E-state index is 13.1. The Kier molecular flexibility index (Phi) is 6.43. The molecule has 9 nitrogen and oxygen atoms in total.